The van der Waals surface area contributed by atoms with Crippen LogP contribution in [-0.4, -0.2) is 80.4 Å². The summed E-state index contributed by atoms with van der Waals surface area (Å²) >= 11 is 0. The number of amides is 1. The number of aliphatic imine (C=N–C) groups is 1. The number of likely N-dealkylation sites (N-methyl/N-ethyl adjacent to an activating group) is 1. The number of rotatable bonds is 7. The maximum absolute atomic E-state index is 12.3. The highest BCUT2D eigenvalue weighted by atomic mass is 127. The third-order valence-electron chi connectivity index (χ3n) is 5.24. The summed E-state index contributed by atoms with van der Waals surface area (Å²) in [6.07, 6.45) is 3.08. The molecule has 1 atom stereocenters. The first-order valence-electron chi connectivity index (χ1n) is 9.85. The first kappa shape index (κ1) is 24.7. The molecule has 158 valence electrons. The molecule has 1 aromatic rings. The van der Waals surface area contributed by atoms with Gasteiger partial charge in [-0.3, -0.25) is 14.7 Å². The molecule has 1 amide bonds. The zero-order valence-corrected chi connectivity index (χ0v) is 20.3. The molecule has 1 aliphatic rings. The highest BCUT2D eigenvalue weighted by Crippen LogP contribution is 2.18. The van der Waals surface area contributed by atoms with Gasteiger partial charge in [-0.05, 0) is 43.9 Å². The Morgan fingerprint density at radius 1 is 1.29 bits per heavy atom. The molecule has 0 spiro atoms. The molecule has 2 rings (SSSR count). The summed E-state index contributed by atoms with van der Waals surface area (Å²) in [5.41, 5.74) is 2.61. The number of hydrogen-bond donors (Lipinski definition) is 1. The van der Waals surface area contributed by atoms with Gasteiger partial charge in [0.1, 0.15) is 0 Å². The lowest BCUT2D eigenvalue weighted by atomic mass is 10.1. The molecule has 28 heavy (non-hydrogen) atoms. The normalized spacial score (nSPS) is 17.2. The summed E-state index contributed by atoms with van der Waals surface area (Å²) in [5, 5.41) is 3.45. The Balaban J connectivity index is 0.00000392. The topological polar surface area (TPSA) is 51.2 Å². The van der Waals surface area contributed by atoms with E-state index < -0.39 is 0 Å². The van der Waals surface area contributed by atoms with Crippen molar-refractivity contribution in [3.05, 3.63) is 35.4 Å². The van der Waals surface area contributed by atoms with E-state index in [0.29, 0.717) is 0 Å². The lowest BCUT2D eigenvalue weighted by Gasteiger charge is -2.26. The van der Waals surface area contributed by atoms with Gasteiger partial charge < -0.3 is 15.1 Å². The number of likely N-dealkylation sites (tertiary alicyclic amines) is 1. The molecule has 0 saturated carbocycles. The number of nitrogens with one attached hydrogen (secondary N) is 1. The molecule has 1 aromatic carbocycles. The van der Waals surface area contributed by atoms with Crippen LogP contribution in [0.25, 0.3) is 0 Å². The van der Waals surface area contributed by atoms with E-state index in [0.717, 1.165) is 51.4 Å². The summed E-state index contributed by atoms with van der Waals surface area (Å²) < 4.78 is 0. The molecule has 1 fully saturated rings. The molecule has 1 N–H and O–H groups in total. The van der Waals surface area contributed by atoms with E-state index in [9.17, 15) is 4.79 Å². The predicted molar refractivity (Wildman–Crippen MR) is 127 cm³/mol. The van der Waals surface area contributed by atoms with Crippen molar-refractivity contribution in [1.82, 2.24) is 20.0 Å². The maximum atomic E-state index is 12.3. The fourth-order valence-corrected chi connectivity index (χ4v) is 3.66. The number of benzene rings is 1. The average Bonchev–Trinajstić information content (AvgIpc) is 3.11. The number of hydrogen-bond acceptors (Lipinski definition) is 3. The first-order valence-corrected chi connectivity index (χ1v) is 9.85. The van der Waals surface area contributed by atoms with Crippen LogP contribution in [0.2, 0.25) is 0 Å². The van der Waals surface area contributed by atoms with Gasteiger partial charge in [0, 0.05) is 47.8 Å². The highest BCUT2D eigenvalue weighted by Gasteiger charge is 2.30. The van der Waals surface area contributed by atoms with Crippen LogP contribution in [0.1, 0.15) is 30.4 Å². The van der Waals surface area contributed by atoms with Crippen molar-refractivity contribution in [2.24, 2.45) is 4.99 Å². The van der Waals surface area contributed by atoms with Crippen LogP contribution in [0, 0.1) is 6.92 Å². The molecule has 0 aliphatic carbocycles. The Bertz CT molecular complexity index is 649. The molecule has 1 unspecified atom stereocenters. The van der Waals surface area contributed by atoms with Crippen LogP contribution in [0.15, 0.2) is 29.3 Å². The number of nitrogens with zero attached hydrogens (tertiary/aromatic N) is 4. The van der Waals surface area contributed by atoms with Crippen LogP contribution in [0.4, 0.5) is 0 Å². The van der Waals surface area contributed by atoms with Crippen molar-refractivity contribution < 1.29 is 4.79 Å². The lowest BCUT2D eigenvalue weighted by Crippen LogP contribution is -2.44. The number of aryl methyl sites for hydroxylation is 1. The van der Waals surface area contributed by atoms with Crippen molar-refractivity contribution in [2.45, 2.75) is 38.8 Å². The molecular weight excluding hydrogens is 465 g/mol. The summed E-state index contributed by atoms with van der Waals surface area (Å²) in [5.74, 6) is 1.13. The third-order valence-corrected chi connectivity index (χ3v) is 5.24. The van der Waals surface area contributed by atoms with E-state index in [1.807, 2.05) is 21.1 Å². The van der Waals surface area contributed by atoms with Crippen LogP contribution in [0.5, 0.6) is 0 Å². The van der Waals surface area contributed by atoms with E-state index >= 15 is 0 Å². The van der Waals surface area contributed by atoms with E-state index in [-0.39, 0.29) is 35.9 Å². The fraction of sp³-hybridized carbons (Fsp3) is 0.619. The monoisotopic (exact) mass is 501 g/mol. The standard InChI is InChI=1S/C21H35N5O.HI/c1-17-10-6-7-11-18(17)16-25(5)21(22-2)23-13-9-15-26-14-8-12-19(26)20(27)24(3)4;/h6-7,10-11,19H,8-9,12-16H2,1-5H3,(H,22,23);1H. The Hall–Kier alpha value is -1.35. The van der Waals surface area contributed by atoms with Crippen molar-refractivity contribution >= 4 is 35.8 Å². The van der Waals surface area contributed by atoms with Gasteiger partial charge in [-0.1, -0.05) is 24.3 Å². The number of carbonyl (C=O) groups is 1. The molecule has 1 aliphatic heterocycles. The minimum Gasteiger partial charge on any atom is -0.356 e. The first-order chi connectivity index (χ1) is 12.9. The van der Waals surface area contributed by atoms with E-state index in [1.54, 1.807) is 4.90 Å². The Morgan fingerprint density at radius 2 is 2.00 bits per heavy atom. The molecule has 1 heterocycles. The molecule has 0 bridgehead atoms. The van der Waals surface area contributed by atoms with E-state index in [2.05, 4.69) is 58.3 Å². The van der Waals surface area contributed by atoms with Gasteiger partial charge in [-0.2, -0.15) is 0 Å². The minimum atomic E-state index is 0. The Labute approximate surface area is 187 Å². The molecule has 0 radical (unpaired) electrons. The lowest BCUT2D eigenvalue weighted by molar-refractivity contribution is -0.133. The van der Waals surface area contributed by atoms with Gasteiger partial charge >= 0.3 is 0 Å². The molecular formula is C21H36IN5O. The zero-order valence-electron chi connectivity index (χ0n) is 17.9. The SMILES string of the molecule is CN=C(NCCCN1CCCC1C(=O)N(C)C)N(C)Cc1ccccc1C.I. The van der Waals surface area contributed by atoms with E-state index in [4.69, 9.17) is 0 Å². The predicted octanol–water partition coefficient (Wildman–Crippen LogP) is 2.56. The molecule has 1 saturated heterocycles. The summed E-state index contributed by atoms with van der Waals surface area (Å²) in [6.45, 7) is 5.78. The van der Waals surface area contributed by atoms with Gasteiger partial charge in [0.15, 0.2) is 5.96 Å². The van der Waals surface area contributed by atoms with Crippen molar-refractivity contribution in [3.63, 3.8) is 0 Å². The Kier molecular flexibility index (Phi) is 10.8. The largest absolute Gasteiger partial charge is 0.356 e. The van der Waals surface area contributed by atoms with Gasteiger partial charge in [0.2, 0.25) is 5.91 Å². The van der Waals surface area contributed by atoms with Crippen molar-refractivity contribution in [3.8, 4) is 0 Å². The summed E-state index contributed by atoms with van der Waals surface area (Å²) in [7, 11) is 7.57. The zero-order chi connectivity index (χ0) is 19.8. The van der Waals surface area contributed by atoms with Crippen LogP contribution in [-0.2, 0) is 11.3 Å². The summed E-state index contributed by atoms with van der Waals surface area (Å²) in [6, 6.07) is 8.50. The second-order valence-electron chi connectivity index (χ2n) is 7.54. The molecule has 7 heteroatoms. The molecule has 6 nitrogen and oxygen atoms in total. The van der Waals surface area contributed by atoms with Crippen LogP contribution >= 0.6 is 24.0 Å². The van der Waals surface area contributed by atoms with Gasteiger partial charge in [0.25, 0.3) is 0 Å². The van der Waals surface area contributed by atoms with Crippen molar-refractivity contribution in [2.75, 3.05) is 47.8 Å². The Morgan fingerprint density at radius 3 is 2.64 bits per heavy atom. The number of guanidine groups is 1. The molecule has 0 aromatic heterocycles. The number of halogens is 1. The third kappa shape index (κ3) is 6.92. The van der Waals surface area contributed by atoms with Gasteiger partial charge in [0.05, 0.1) is 6.04 Å². The second kappa shape index (κ2) is 12.3. The van der Waals surface area contributed by atoms with Gasteiger partial charge in [-0.15, -0.1) is 24.0 Å². The van der Waals surface area contributed by atoms with Crippen molar-refractivity contribution in [1.29, 1.82) is 0 Å². The second-order valence-corrected chi connectivity index (χ2v) is 7.54. The summed E-state index contributed by atoms with van der Waals surface area (Å²) in [4.78, 5) is 22.9. The van der Waals surface area contributed by atoms with Crippen LogP contribution < -0.4 is 5.32 Å². The van der Waals surface area contributed by atoms with E-state index in [1.165, 1.54) is 11.1 Å². The smallest absolute Gasteiger partial charge is 0.239 e. The minimum absolute atomic E-state index is 0. The average molecular weight is 501 g/mol. The van der Waals surface area contributed by atoms with Crippen LogP contribution in [0.3, 0.4) is 0 Å². The van der Waals surface area contributed by atoms with Gasteiger partial charge in [-0.25, -0.2) is 0 Å². The quantitative estimate of drug-likeness (QED) is 0.270. The maximum Gasteiger partial charge on any atom is 0.239 e. The highest BCUT2D eigenvalue weighted by molar-refractivity contribution is 14.0. The number of carbonyl (C=O) groups excluding carboxylic acids is 1. The fourth-order valence-electron chi connectivity index (χ4n) is 3.66.